The van der Waals surface area contributed by atoms with E-state index in [2.05, 4.69) is 4.99 Å². The van der Waals surface area contributed by atoms with Crippen LogP contribution >= 0.6 is 0 Å². The third-order valence-corrected chi connectivity index (χ3v) is 5.21. The van der Waals surface area contributed by atoms with Crippen LogP contribution in [0.3, 0.4) is 0 Å². The van der Waals surface area contributed by atoms with Gasteiger partial charge in [0.2, 0.25) is 0 Å². The van der Waals surface area contributed by atoms with Crippen molar-refractivity contribution >= 4 is 22.0 Å². The third kappa shape index (κ3) is 6.86. The van der Waals surface area contributed by atoms with Crippen molar-refractivity contribution in [2.45, 2.75) is 63.5 Å². The number of benzene rings is 1. The zero-order valence-corrected chi connectivity index (χ0v) is 18.1. The van der Waals surface area contributed by atoms with Gasteiger partial charge in [-0.15, -0.1) is 0 Å². The fourth-order valence-electron chi connectivity index (χ4n) is 2.96. The maximum atomic E-state index is 12.1. The summed E-state index contributed by atoms with van der Waals surface area (Å²) < 4.78 is 35.0. The SMILES string of the molecule is CC(C)(C)OC(=O)N1CCCCC1C1=CC(N)=N1.Cc1ccc(S(=O)(=O)O)cc1. The molecule has 29 heavy (non-hydrogen) atoms. The number of aliphatic imine (C=N–C) groups is 1. The number of rotatable bonds is 2. The molecule has 0 aliphatic carbocycles. The van der Waals surface area contributed by atoms with Crippen molar-refractivity contribution in [1.29, 1.82) is 0 Å². The summed E-state index contributed by atoms with van der Waals surface area (Å²) >= 11 is 0. The van der Waals surface area contributed by atoms with Crippen molar-refractivity contribution < 1.29 is 22.5 Å². The highest BCUT2D eigenvalue weighted by Gasteiger charge is 2.34. The van der Waals surface area contributed by atoms with Gasteiger partial charge in [-0.3, -0.25) is 9.45 Å². The molecule has 0 saturated carbocycles. The van der Waals surface area contributed by atoms with Crippen LogP contribution in [0.4, 0.5) is 4.79 Å². The van der Waals surface area contributed by atoms with Gasteiger partial charge >= 0.3 is 6.09 Å². The molecule has 1 unspecified atom stereocenters. The second kappa shape index (κ2) is 8.96. The number of hydrogen-bond donors (Lipinski definition) is 2. The van der Waals surface area contributed by atoms with Crippen molar-refractivity contribution in [3.8, 4) is 0 Å². The van der Waals surface area contributed by atoms with Gasteiger partial charge in [0.15, 0.2) is 0 Å². The van der Waals surface area contributed by atoms with Crippen LogP contribution < -0.4 is 5.73 Å². The predicted molar refractivity (Wildman–Crippen MR) is 111 cm³/mol. The molecule has 1 saturated heterocycles. The lowest BCUT2D eigenvalue weighted by atomic mass is 9.98. The zero-order valence-electron chi connectivity index (χ0n) is 17.3. The molecule has 2 aliphatic rings. The molecule has 2 aliphatic heterocycles. The number of amides is 1. The molecule has 9 heteroatoms. The van der Waals surface area contributed by atoms with Crippen LogP contribution in [0.15, 0.2) is 45.9 Å². The Labute approximate surface area is 172 Å². The molecule has 1 aromatic carbocycles. The second-order valence-electron chi connectivity index (χ2n) is 8.08. The van der Waals surface area contributed by atoms with Gasteiger partial charge in [0.1, 0.15) is 11.4 Å². The van der Waals surface area contributed by atoms with Crippen molar-refractivity contribution in [2.75, 3.05) is 6.54 Å². The van der Waals surface area contributed by atoms with Crippen LogP contribution in [-0.4, -0.2) is 48.0 Å². The maximum Gasteiger partial charge on any atom is 0.410 e. The molecule has 3 rings (SSSR count). The largest absolute Gasteiger partial charge is 0.444 e. The number of nitrogens with two attached hydrogens (primary N) is 1. The summed E-state index contributed by atoms with van der Waals surface area (Å²) in [5.74, 6) is 0.541. The summed E-state index contributed by atoms with van der Waals surface area (Å²) in [5, 5.41) is 0. The smallest absolute Gasteiger partial charge is 0.410 e. The first-order chi connectivity index (χ1) is 13.4. The first-order valence-electron chi connectivity index (χ1n) is 9.46. The molecule has 1 aromatic rings. The average molecular weight is 424 g/mol. The number of aryl methyl sites for hydroxylation is 1. The van der Waals surface area contributed by atoms with E-state index in [4.69, 9.17) is 15.0 Å². The van der Waals surface area contributed by atoms with Crippen LogP contribution in [0.2, 0.25) is 0 Å². The minimum atomic E-state index is -4.02. The van der Waals surface area contributed by atoms with Crippen LogP contribution in [0.5, 0.6) is 0 Å². The number of nitrogens with zero attached hydrogens (tertiary/aromatic N) is 2. The Morgan fingerprint density at radius 1 is 1.24 bits per heavy atom. The van der Waals surface area contributed by atoms with Gasteiger partial charge in [-0.25, -0.2) is 9.79 Å². The standard InChI is InChI=1S/C13H21N3O2.C7H8O3S/c1-13(2,3)18-12(17)16-7-5-4-6-10(16)9-8-11(14)15-9;1-6-2-4-7(5-3-6)11(8,9)10/h8,10H,4-7H2,1-3H3,(H2,14,15);2-5H,1H3,(H,8,9,10). The van der Waals surface area contributed by atoms with E-state index in [0.29, 0.717) is 5.84 Å². The topological polar surface area (TPSA) is 122 Å². The lowest BCUT2D eigenvalue weighted by Gasteiger charge is -2.38. The zero-order chi connectivity index (χ0) is 21.8. The lowest BCUT2D eigenvalue weighted by Crippen LogP contribution is -2.48. The van der Waals surface area contributed by atoms with Crippen LogP contribution in [0.1, 0.15) is 45.6 Å². The Kier molecular flexibility index (Phi) is 7.07. The van der Waals surface area contributed by atoms with E-state index >= 15 is 0 Å². The first kappa shape index (κ1) is 22.9. The number of carbonyl (C=O) groups is 1. The van der Waals surface area contributed by atoms with E-state index in [0.717, 1.165) is 37.1 Å². The average Bonchev–Trinajstić information content (AvgIpc) is 2.58. The van der Waals surface area contributed by atoms with Gasteiger partial charge in [0.25, 0.3) is 10.1 Å². The highest BCUT2D eigenvalue weighted by Crippen LogP contribution is 2.28. The Morgan fingerprint density at radius 3 is 2.31 bits per heavy atom. The molecule has 0 aromatic heterocycles. The summed E-state index contributed by atoms with van der Waals surface area (Å²) in [4.78, 5) is 18.0. The normalized spacial score (nSPS) is 19.2. The number of carbonyl (C=O) groups excluding carboxylic acids is 1. The van der Waals surface area contributed by atoms with Crippen molar-refractivity contribution in [3.05, 3.63) is 41.6 Å². The van der Waals surface area contributed by atoms with Gasteiger partial charge in [-0.2, -0.15) is 8.42 Å². The van der Waals surface area contributed by atoms with Gasteiger partial charge < -0.3 is 10.5 Å². The Balaban J connectivity index is 0.000000234. The number of likely N-dealkylation sites (tertiary alicyclic amines) is 1. The first-order valence-corrected chi connectivity index (χ1v) is 10.9. The van der Waals surface area contributed by atoms with E-state index in [1.54, 1.807) is 17.0 Å². The fourth-order valence-corrected chi connectivity index (χ4v) is 3.44. The highest BCUT2D eigenvalue weighted by molar-refractivity contribution is 7.85. The molecule has 2 heterocycles. The van der Waals surface area contributed by atoms with Gasteiger partial charge in [0.05, 0.1) is 16.6 Å². The molecule has 0 bridgehead atoms. The quantitative estimate of drug-likeness (QED) is 0.704. The van der Waals surface area contributed by atoms with Crippen LogP contribution in [-0.2, 0) is 14.9 Å². The number of hydrogen-bond acceptors (Lipinski definition) is 6. The molecule has 8 nitrogen and oxygen atoms in total. The summed E-state index contributed by atoms with van der Waals surface area (Å²) in [5.41, 5.74) is 6.93. The summed E-state index contributed by atoms with van der Waals surface area (Å²) in [6, 6.07) is 6.02. The molecular formula is C20H29N3O5S. The molecule has 0 radical (unpaired) electrons. The van der Waals surface area contributed by atoms with Crippen molar-refractivity contribution in [3.63, 3.8) is 0 Å². The minimum Gasteiger partial charge on any atom is -0.444 e. The van der Waals surface area contributed by atoms with Gasteiger partial charge in [-0.05, 0) is 59.1 Å². The lowest BCUT2D eigenvalue weighted by molar-refractivity contribution is 0.0136. The molecule has 1 fully saturated rings. The Morgan fingerprint density at radius 2 is 1.83 bits per heavy atom. The van der Waals surface area contributed by atoms with Crippen LogP contribution in [0.25, 0.3) is 0 Å². The van der Waals surface area contributed by atoms with Crippen molar-refractivity contribution in [2.24, 2.45) is 10.7 Å². The predicted octanol–water partition coefficient (Wildman–Crippen LogP) is 3.27. The van der Waals surface area contributed by atoms with E-state index in [9.17, 15) is 13.2 Å². The number of amidine groups is 1. The highest BCUT2D eigenvalue weighted by atomic mass is 32.2. The molecule has 1 amide bonds. The maximum absolute atomic E-state index is 12.1. The van der Waals surface area contributed by atoms with E-state index in [-0.39, 0.29) is 17.0 Å². The van der Waals surface area contributed by atoms with E-state index < -0.39 is 15.7 Å². The summed E-state index contributed by atoms with van der Waals surface area (Å²) in [7, 11) is -4.02. The monoisotopic (exact) mass is 423 g/mol. The van der Waals surface area contributed by atoms with E-state index in [1.165, 1.54) is 12.1 Å². The summed E-state index contributed by atoms with van der Waals surface area (Å²) in [6.45, 7) is 8.20. The fraction of sp³-hybridized carbons (Fsp3) is 0.500. The molecule has 0 spiro atoms. The Hall–Kier alpha value is -2.39. The Bertz CT molecular complexity index is 899. The summed E-state index contributed by atoms with van der Waals surface area (Å²) in [6.07, 6.45) is 4.64. The van der Waals surface area contributed by atoms with Crippen molar-refractivity contribution in [1.82, 2.24) is 4.90 Å². The van der Waals surface area contributed by atoms with E-state index in [1.807, 2.05) is 33.8 Å². The van der Waals surface area contributed by atoms with Crippen LogP contribution in [0, 0.1) is 6.92 Å². The molecule has 1 atom stereocenters. The number of ether oxygens (including phenoxy) is 1. The second-order valence-corrected chi connectivity index (χ2v) is 9.50. The van der Waals surface area contributed by atoms with Gasteiger partial charge in [-0.1, -0.05) is 17.7 Å². The third-order valence-electron chi connectivity index (χ3n) is 4.35. The molecule has 3 N–H and O–H groups in total. The number of piperidine rings is 1. The molecule has 160 valence electrons. The minimum absolute atomic E-state index is 0.0286. The molecular weight excluding hydrogens is 394 g/mol. The van der Waals surface area contributed by atoms with Gasteiger partial charge in [0, 0.05) is 12.6 Å².